The lowest BCUT2D eigenvalue weighted by atomic mass is 9.99. The molecule has 0 bridgehead atoms. The van der Waals surface area contributed by atoms with E-state index in [2.05, 4.69) is 13.8 Å². The highest BCUT2D eigenvalue weighted by molar-refractivity contribution is 5.80. The molecule has 0 spiro atoms. The molecule has 0 rings (SSSR count). The van der Waals surface area contributed by atoms with Crippen LogP contribution in [0.15, 0.2) is 11.6 Å². The number of unbranched alkanes of at least 4 members (excludes halogenated alkanes) is 9. The Morgan fingerprint density at radius 1 is 0.750 bits per heavy atom. The average molecular weight is 282 g/mol. The highest BCUT2D eigenvalue weighted by Gasteiger charge is 2.02. The normalized spacial score (nSPS) is 11.8. The summed E-state index contributed by atoms with van der Waals surface area (Å²) in [6.07, 6.45) is 17.3. The SMILES string of the molecule is CCCCCCCC/C(=C/C(=O)O)CCCCCCC. The summed E-state index contributed by atoms with van der Waals surface area (Å²) < 4.78 is 0. The van der Waals surface area contributed by atoms with Crippen molar-refractivity contribution in [2.24, 2.45) is 0 Å². The van der Waals surface area contributed by atoms with Gasteiger partial charge in [-0.05, 0) is 25.7 Å². The van der Waals surface area contributed by atoms with Crippen molar-refractivity contribution >= 4 is 5.97 Å². The van der Waals surface area contributed by atoms with Crippen molar-refractivity contribution in [2.45, 2.75) is 97.3 Å². The van der Waals surface area contributed by atoms with Crippen molar-refractivity contribution in [3.63, 3.8) is 0 Å². The first kappa shape index (κ1) is 19.2. The van der Waals surface area contributed by atoms with E-state index in [1.807, 2.05) is 0 Å². The Labute approximate surface area is 125 Å². The molecule has 0 aromatic heterocycles. The number of carboxylic acids is 1. The fraction of sp³-hybridized carbons (Fsp3) is 0.833. The number of carboxylic acid groups (broad SMARTS) is 1. The standard InChI is InChI=1S/C18H34O2/c1-3-5-7-9-11-13-15-17(16-18(19)20)14-12-10-8-6-4-2/h16H,3-15H2,1-2H3,(H,19,20)/b17-16+. The fourth-order valence-corrected chi connectivity index (χ4v) is 2.53. The van der Waals surface area contributed by atoms with Gasteiger partial charge in [-0.25, -0.2) is 4.79 Å². The van der Waals surface area contributed by atoms with Crippen molar-refractivity contribution < 1.29 is 9.90 Å². The Hall–Kier alpha value is -0.790. The van der Waals surface area contributed by atoms with Gasteiger partial charge >= 0.3 is 5.97 Å². The number of hydrogen-bond donors (Lipinski definition) is 1. The van der Waals surface area contributed by atoms with Crippen LogP contribution < -0.4 is 0 Å². The van der Waals surface area contributed by atoms with Gasteiger partial charge in [-0.2, -0.15) is 0 Å². The summed E-state index contributed by atoms with van der Waals surface area (Å²) in [5.74, 6) is -0.778. The van der Waals surface area contributed by atoms with E-state index in [0.717, 1.165) is 31.3 Å². The molecule has 0 fully saturated rings. The van der Waals surface area contributed by atoms with Crippen molar-refractivity contribution in [2.75, 3.05) is 0 Å². The number of aliphatic carboxylic acids is 1. The number of carbonyl (C=O) groups is 1. The Bertz CT molecular complexity index is 256. The second-order valence-electron chi connectivity index (χ2n) is 5.82. The summed E-state index contributed by atoms with van der Waals surface area (Å²) in [5, 5.41) is 8.92. The van der Waals surface area contributed by atoms with Crippen LogP contribution in [0.4, 0.5) is 0 Å². The molecule has 20 heavy (non-hydrogen) atoms. The Morgan fingerprint density at radius 3 is 1.55 bits per heavy atom. The Kier molecular flexibility index (Phi) is 14.0. The van der Waals surface area contributed by atoms with Gasteiger partial charge in [0.05, 0.1) is 0 Å². The third kappa shape index (κ3) is 13.6. The zero-order valence-electron chi connectivity index (χ0n) is 13.6. The Morgan fingerprint density at radius 2 is 1.15 bits per heavy atom. The molecule has 0 saturated carbocycles. The van der Waals surface area contributed by atoms with Crippen LogP contribution in [-0.4, -0.2) is 11.1 Å². The van der Waals surface area contributed by atoms with Crippen molar-refractivity contribution in [3.8, 4) is 0 Å². The van der Waals surface area contributed by atoms with E-state index in [4.69, 9.17) is 5.11 Å². The lowest BCUT2D eigenvalue weighted by molar-refractivity contribution is -0.131. The molecule has 0 amide bonds. The van der Waals surface area contributed by atoms with E-state index in [9.17, 15) is 4.79 Å². The van der Waals surface area contributed by atoms with Gasteiger partial charge in [-0.15, -0.1) is 0 Å². The van der Waals surface area contributed by atoms with Gasteiger partial charge in [0.25, 0.3) is 0 Å². The van der Waals surface area contributed by atoms with Crippen LogP contribution in [0, 0.1) is 0 Å². The molecule has 0 atom stereocenters. The molecule has 2 nitrogen and oxygen atoms in total. The molecule has 0 aliphatic rings. The van der Waals surface area contributed by atoms with E-state index in [1.54, 1.807) is 0 Å². The summed E-state index contributed by atoms with van der Waals surface area (Å²) in [5.41, 5.74) is 1.14. The first-order valence-electron chi connectivity index (χ1n) is 8.63. The van der Waals surface area contributed by atoms with Gasteiger partial charge in [0, 0.05) is 6.08 Å². The predicted molar refractivity (Wildman–Crippen MR) is 87.1 cm³/mol. The molecular weight excluding hydrogens is 248 g/mol. The van der Waals surface area contributed by atoms with Gasteiger partial charge in [-0.3, -0.25) is 0 Å². The number of hydrogen-bond acceptors (Lipinski definition) is 1. The molecule has 0 heterocycles. The number of rotatable bonds is 14. The molecule has 2 heteroatoms. The minimum Gasteiger partial charge on any atom is -0.478 e. The average Bonchev–Trinajstić information content (AvgIpc) is 2.41. The maximum atomic E-state index is 10.8. The Balaban J connectivity index is 3.77. The van der Waals surface area contributed by atoms with E-state index < -0.39 is 5.97 Å². The van der Waals surface area contributed by atoms with Gasteiger partial charge in [-0.1, -0.05) is 77.2 Å². The third-order valence-electron chi connectivity index (χ3n) is 3.78. The molecule has 0 aromatic rings. The first-order chi connectivity index (χ1) is 9.70. The van der Waals surface area contributed by atoms with Crippen LogP contribution in [0.5, 0.6) is 0 Å². The quantitative estimate of drug-likeness (QED) is 0.308. The zero-order chi connectivity index (χ0) is 15.1. The van der Waals surface area contributed by atoms with Crippen LogP contribution in [0.3, 0.4) is 0 Å². The van der Waals surface area contributed by atoms with E-state index in [0.29, 0.717) is 0 Å². The van der Waals surface area contributed by atoms with Crippen LogP contribution in [0.2, 0.25) is 0 Å². The first-order valence-corrected chi connectivity index (χ1v) is 8.63. The zero-order valence-corrected chi connectivity index (χ0v) is 13.6. The lowest BCUT2D eigenvalue weighted by Crippen LogP contribution is -1.94. The molecular formula is C18H34O2. The smallest absolute Gasteiger partial charge is 0.328 e. The monoisotopic (exact) mass is 282 g/mol. The van der Waals surface area contributed by atoms with Crippen molar-refractivity contribution in [1.82, 2.24) is 0 Å². The van der Waals surface area contributed by atoms with Crippen LogP contribution in [0.1, 0.15) is 97.3 Å². The summed E-state index contributed by atoms with van der Waals surface area (Å²) in [6, 6.07) is 0. The molecule has 0 unspecified atom stereocenters. The van der Waals surface area contributed by atoms with Crippen molar-refractivity contribution in [1.29, 1.82) is 0 Å². The minimum absolute atomic E-state index is 0.778. The van der Waals surface area contributed by atoms with Crippen LogP contribution >= 0.6 is 0 Å². The highest BCUT2D eigenvalue weighted by Crippen LogP contribution is 2.18. The molecule has 0 aliphatic carbocycles. The molecule has 0 aromatic carbocycles. The second kappa shape index (κ2) is 14.6. The van der Waals surface area contributed by atoms with Crippen LogP contribution in [-0.2, 0) is 4.79 Å². The van der Waals surface area contributed by atoms with Gasteiger partial charge in [0.2, 0.25) is 0 Å². The molecule has 1 N–H and O–H groups in total. The van der Waals surface area contributed by atoms with Gasteiger partial charge in [0.15, 0.2) is 0 Å². The third-order valence-corrected chi connectivity index (χ3v) is 3.78. The van der Waals surface area contributed by atoms with E-state index in [1.165, 1.54) is 63.9 Å². The predicted octanol–water partition coefficient (Wildman–Crippen LogP) is 6.11. The van der Waals surface area contributed by atoms with Gasteiger partial charge < -0.3 is 5.11 Å². The fourth-order valence-electron chi connectivity index (χ4n) is 2.53. The van der Waals surface area contributed by atoms with Gasteiger partial charge in [0.1, 0.15) is 0 Å². The minimum atomic E-state index is -0.778. The van der Waals surface area contributed by atoms with Crippen molar-refractivity contribution in [3.05, 3.63) is 11.6 Å². The van der Waals surface area contributed by atoms with Crippen LogP contribution in [0.25, 0.3) is 0 Å². The summed E-state index contributed by atoms with van der Waals surface area (Å²) >= 11 is 0. The lowest BCUT2D eigenvalue weighted by Gasteiger charge is -2.07. The molecule has 0 saturated heterocycles. The topological polar surface area (TPSA) is 37.3 Å². The second-order valence-corrected chi connectivity index (χ2v) is 5.82. The molecule has 0 radical (unpaired) electrons. The summed E-state index contributed by atoms with van der Waals surface area (Å²) in [7, 11) is 0. The number of allylic oxidation sites excluding steroid dienone is 1. The highest BCUT2D eigenvalue weighted by atomic mass is 16.4. The van der Waals surface area contributed by atoms with E-state index >= 15 is 0 Å². The maximum Gasteiger partial charge on any atom is 0.328 e. The molecule has 0 aliphatic heterocycles. The maximum absolute atomic E-state index is 10.8. The summed E-state index contributed by atoms with van der Waals surface area (Å²) in [4.78, 5) is 10.8. The molecule has 118 valence electrons. The summed E-state index contributed by atoms with van der Waals surface area (Å²) in [6.45, 7) is 4.44. The van der Waals surface area contributed by atoms with E-state index in [-0.39, 0.29) is 0 Å². The largest absolute Gasteiger partial charge is 0.478 e.